The highest BCUT2D eigenvalue weighted by Crippen LogP contribution is 2.40. The van der Waals surface area contributed by atoms with Crippen molar-refractivity contribution in [3.63, 3.8) is 0 Å². The van der Waals surface area contributed by atoms with Crippen LogP contribution in [0.3, 0.4) is 0 Å². The van der Waals surface area contributed by atoms with Gasteiger partial charge in [0.25, 0.3) is 0 Å². The van der Waals surface area contributed by atoms with E-state index in [9.17, 15) is 9.32 Å². The Bertz CT molecular complexity index is 1430. The number of aliphatic hydroxyl groups is 1. The van der Waals surface area contributed by atoms with Gasteiger partial charge >= 0.3 is 0 Å². The molecule has 7 nitrogen and oxygen atoms in total. The predicted molar refractivity (Wildman–Crippen MR) is 142 cm³/mol. The summed E-state index contributed by atoms with van der Waals surface area (Å²) < 4.78 is 25.1. The first-order valence-corrected chi connectivity index (χ1v) is 13.8. The monoisotopic (exact) mass is 505 g/mol. The standard InChI is InChI=1S/C28H31N3O4S/c1-18-13-24-26-23(19-3-2-4-22(14-19)36(33)21-5-6-21)7-8-25(27(26)30-28(24)29-15-18)35-17-20-16-31(9-11-32)10-12-34-20/h2-4,7-8,13-15,20-21,32H,5-6,9-12,16-17H2,1H3,(H,29,30). The van der Waals surface area contributed by atoms with Crippen molar-refractivity contribution in [2.75, 3.05) is 39.5 Å². The van der Waals surface area contributed by atoms with Crippen LogP contribution in [-0.2, 0) is 15.5 Å². The maximum atomic E-state index is 12.9. The van der Waals surface area contributed by atoms with Crippen LogP contribution in [0, 0.1) is 6.92 Å². The van der Waals surface area contributed by atoms with Gasteiger partial charge in [-0.25, -0.2) is 4.98 Å². The van der Waals surface area contributed by atoms with E-state index in [0.717, 1.165) is 75.2 Å². The van der Waals surface area contributed by atoms with Gasteiger partial charge < -0.3 is 19.6 Å². The molecule has 1 aliphatic carbocycles. The van der Waals surface area contributed by atoms with Crippen LogP contribution < -0.4 is 4.74 Å². The molecule has 3 heterocycles. The number of nitrogens with zero attached hydrogens (tertiary/aromatic N) is 2. The van der Waals surface area contributed by atoms with E-state index in [1.54, 1.807) is 0 Å². The van der Waals surface area contributed by atoms with Gasteiger partial charge in [-0.2, -0.15) is 0 Å². The van der Waals surface area contributed by atoms with Gasteiger partial charge in [-0.1, -0.05) is 12.1 Å². The van der Waals surface area contributed by atoms with Crippen LogP contribution in [0.2, 0.25) is 0 Å². The summed E-state index contributed by atoms with van der Waals surface area (Å²) in [5.74, 6) is 0.755. The average molecular weight is 506 g/mol. The Kier molecular flexibility index (Phi) is 6.52. The summed E-state index contributed by atoms with van der Waals surface area (Å²) >= 11 is 0. The highest BCUT2D eigenvalue weighted by Gasteiger charge is 2.29. The number of aryl methyl sites for hydroxylation is 1. The number of fused-ring (bicyclic) bond motifs is 3. The van der Waals surface area contributed by atoms with Gasteiger partial charge in [-0.15, -0.1) is 0 Å². The van der Waals surface area contributed by atoms with E-state index in [0.29, 0.717) is 25.0 Å². The third kappa shape index (κ3) is 4.66. The van der Waals surface area contributed by atoms with Crippen LogP contribution in [0.1, 0.15) is 18.4 Å². The number of β-amino-alcohol motifs (C(OH)–C–C–N with tert-alkyl or cyclic N) is 1. The molecule has 1 saturated heterocycles. The molecule has 0 spiro atoms. The van der Waals surface area contributed by atoms with Gasteiger partial charge in [-0.3, -0.25) is 9.11 Å². The highest BCUT2D eigenvalue weighted by atomic mass is 32.2. The van der Waals surface area contributed by atoms with Crippen LogP contribution in [0.25, 0.3) is 33.1 Å². The second-order valence-electron chi connectivity index (χ2n) is 9.75. The topological polar surface area (TPSA) is 87.7 Å². The van der Waals surface area contributed by atoms with E-state index < -0.39 is 10.8 Å². The van der Waals surface area contributed by atoms with Gasteiger partial charge in [-0.05, 0) is 66.8 Å². The number of ether oxygens (including phenoxy) is 2. The number of benzene rings is 2. The molecule has 8 heteroatoms. The third-order valence-electron chi connectivity index (χ3n) is 6.97. The zero-order chi connectivity index (χ0) is 24.6. The number of H-pyrrole nitrogens is 1. The normalized spacial score (nSPS) is 19.7. The first-order valence-electron chi connectivity index (χ1n) is 12.6. The molecule has 0 amide bonds. The molecule has 0 bridgehead atoms. The van der Waals surface area contributed by atoms with Crippen LogP contribution in [0.15, 0.2) is 53.6 Å². The number of hydrogen-bond donors (Lipinski definition) is 2. The van der Waals surface area contributed by atoms with E-state index in [1.165, 1.54) is 0 Å². The molecule has 36 heavy (non-hydrogen) atoms. The van der Waals surface area contributed by atoms with Gasteiger partial charge in [0, 0.05) is 46.7 Å². The number of aromatic nitrogens is 2. The number of nitrogens with one attached hydrogen (secondary N) is 1. The summed E-state index contributed by atoms with van der Waals surface area (Å²) in [7, 11) is -0.956. The molecule has 1 saturated carbocycles. The van der Waals surface area contributed by atoms with E-state index in [2.05, 4.69) is 39.1 Å². The number of morpholine rings is 1. The summed E-state index contributed by atoms with van der Waals surface area (Å²) in [4.78, 5) is 11.2. The molecule has 2 aliphatic rings. The fraction of sp³-hybridized carbons (Fsp3) is 0.393. The Balaban J connectivity index is 1.38. The van der Waals surface area contributed by atoms with E-state index in [4.69, 9.17) is 9.47 Å². The number of aliphatic hydroxyl groups excluding tert-OH is 1. The third-order valence-corrected chi connectivity index (χ3v) is 8.77. The fourth-order valence-corrected chi connectivity index (χ4v) is 6.40. The first kappa shape index (κ1) is 23.6. The van der Waals surface area contributed by atoms with Crippen molar-refractivity contribution in [2.45, 2.75) is 36.0 Å². The summed E-state index contributed by atoms with van der Waals surface area (Å²) in [6.45, 7) is 5.46. The van der Waals surface area contributed by atoms with Crippen molar-refractivity contribution >= 4 is 32.7 Å². The van der Waals surface area contributed by atoms with Crippen LogP contribution in [0.4, 0.5) is 0 Å². The Labute approximate surface area is 212 Å². The second kappa shape index (κ2) is 9.94. The number of rotatable bonds is 8. The van der Waals surface area contributed by atoms with Crippen molar-refractivity contribution in [2.24, 2.45) is 0 Å². The molecule has 2 unspecified atom stereocenters. The molecule has 188 valence electrons. The first-order chi connectivity index (χ1) is 17.6. The highest BCUT2D eigenvalue weighted by molar-refractivity contribution is 7.86. The quantitative estimate of drug-likeness (QED) is 0.376. The molecule has 2 atom stereocenters. The smallest absolute Gasteiger partial charge is 0.143 e. The number of hydrogen-bond acceptors (Lipinski definition) is 6. The van der Waals surface area contributed by atoms with Crippen molar-refractivity contribution in [3.05, 3.63) is 54.2 Å². The minimum absolute atomic E-state index is 0.0566. The zero-order valence-corrected chi connectivity index (χ0v) is 21.2. The van der Waals surface area contributed by atoms with E-state index in [-0.39, 0.29) is 12.7 Å². The Morgan fingerprint density at radius 3 is 2.97 bits per heavy atom. The summed E-state index contributed by atoms with van der Waals surface area (Å²) in [5.41, 5.74) is 4.90. The van der Waals surface area contributed by atoms with E-state index in [1.807, 2.05) is 31.3 Å². The molecule has 2 fully saturated rings. The number of aromatic amines is 1. The fourth-order valence-electron chi connectivity index (χ4n) is 5.00. The van der Waals surface area contributed by atoms with Crippen molar-refractivity contribution in [1.29, 1.82) is 0 Å². The largest absolute Gasteiger partial charge is 0.489 e. The summed E-state index contributed by atoms with van der Waals surface area (Å²) in [5, 5.41) is 11.7. The van der Waals surface area contributed by atoms with Gasteiger partial charge in [0.05, 0.1) is 29.5 Å². The average Bonchev–Trinajstić information content (AvgIpc) is 3.68. The lowest BCUT2D eigenvalue weighted by atomic mass is 9.99. The molecule has 4 aromatic rings. The minimum atomic E-state index is -0.956. The SMILES string of the molecule is Cc1cnc2[nH]c3c(OCC4CN(CCO)CCO4)ccc(-c4cccc(S(=O)C5CC5)c4)c3c2c1. The van der Waals surface area contributed by atoms with Crippen LogP contribution in [-0.4, -0.2) is 75.0 Å². The Morgan fingerprint density at radius 1 is 1.25 bits per heavy atom. The lowest BCUT2D eigenvalue weighted by Gasteiger charge is -2.32. The summed E-state index contributed by atoms with van der Waals surface area (Å²) in [6, 6.07) is 14.4. The number of pyridine rings is 1. The van der Waals surface area contributed by atoms with Crippen molar-refractivity contribution < 1.29 is 18.8 Å². The lowest BCUT2D eigenvalue weighted by molar-refractivity contribution is -0.0506. The second-order valence-corrected chi connectivity index (χ2v) is 11.5. The summed E-state index contributed by atoms with van der Waals surface area (Å²) in [6.07, 6.45) is 3.90. The minimum Gasteiger partial charge on any atom is -0.489 e. The predicted octanol–water partition coefficient (Wildman–Crippen LogP) is 4.03. The van der Waals surface area contributed by atoms with E-state index >= 15 is 0 Å². The lowest BCUT2D eigenvalue weighted by Crippen LogP contribution is -2.45. The van der Waals surface area contributed by atoms with Crippen molar-refractivity contribution in [3.8, 4) is 16.9 Å². The molecule has 2 N–H and O–H groups in total. The van der Waals surface area contributed by atoms with Gasteiger partial charge in [0.2, 0.25) is 0 Å². The Morgan fingerprint density at radius 2 is 2.14 bits per heavy atom. The molecule has 0 radical (unpaired) electrons. The van der Waals surface area contributed by atoms with Crippen LogP contribution >= 0.6 is 0 Å². The maximum Gasteiger partial charge on any atom is 0.143 e. The molecule has 2 aromatic carbocycles. The van der Waals surface area contributed by atoms with Gasteiger partial charge in [0.1, 0.15) is 24.1 Å². The maximum absolute atomic E-state index is 12.9. The van der Waals surface area contributed by atoms with Crippen LogP contribution in [0.5, 0.6) is 5.75 Å². The Hall–Kier alpha value is -2.78. The van der Waals surface area contributed by atoms with Gasteiger partial charge in [0.15, 0.2) is 0 Å². The molecule has 2 aromatic heterocycles. The molecular formula is C28H31N3O4S. The molecule has 1 aliphatic heterocycles. The zero-order valence-electron chi connectivity index (χ0n) is 20.4. The molecule has 6 rings (SSSR count). The molecular weight excluding hydrogens is 474 g/mol. The van der Waals surface area contributed by atoms with Crippen molar-refractivity contribution in [1.82, 2.24) is 14.9 Å².